The number of carbonyl (C=O) groups excluding carboxylic acids is 1. The molecule has 1 fully saturated rings. The van der Waals surface area contributed by atoms with E-state index in [1.54, 1.807) is 12.1 Å². The van der Waals surface area contributed by atoms with E-state index in [0.717, 1.165) is 37.9 Å². The largest absolute Gasteiger partial charge is 0.352 e. The van der Waals surface area contributed by atoms with Gasteiger partial charge in [0, 0.05) is 19.6 Å². The summed E-state index contributed by atoms with van der Waals surface area (Å²) in [6, 6.07) is 6.09. The number of likely N-dealkylation sites (tertiary alicyclic amines) is 1. The summed E-state index contributed by atoms with van der Waals surface area (Å²) >= 11 is 0. The van der Waals surface area contributed by atoms with Gasteiger partial charge in [-0.3, -0.25) is 4.79 Å². The third kappa shape index (κ3) is 4.81. The third-order valence-electron chi connectivity index (χ3n) is 4.00. The highest BCUT2D eigenvalue weighted by Crippen LogP contribution is 2.20. The van der Waals surface area contributed by atoms with Gasteiger partial charge in [0.15, 0.2) is 0 Å². The van der Waals surface area contributed by atoms with Gasteiger partial charge in [-0.05, 0) is 43.4 Å². The van der Waals surface area contributed by atoms with E-state index in [4.69, 9.17) is 0 Å². The van der Waals surface area contributed by atoms with Crippen molar-refractivity contribution in [1.29, 1.82) is 0 Å². The molecule has 21 heavy (non-hydrogen) atoms. The third-order valence-corrected chi connectivity index (χ3v) is 4.00. The van der Waals surface area contributed by atoms with E-state index >= 15 is 0 Å². The summed E-state index contributed by atoms with van der Waals surface area (Å²) in [5.74, 6) is 0.714. The highest BCUT2D eigenvalue weighted by molar-refractivity contribution is 5.94. The number of halogens is 1. The maximum Gasteiger partial charge on any atom is 0.254 e. The Morgan fingerprint density at radius 1 is 1.29 bits per heavy atom. The number of rotatable bonds is 5. The van der Waals surface area contributed by atoms with Crippen molar-refractivity contribution >= 4 is 5.91 Å². The second-order valence-electron chi connectivity index (χ2n) is 6.29. The fraction of sp³-hybridized carbons (Fsp3) is 0.588. The van der Waals surface area contributed by atoms with Gasteiger partial charge in [-0.25, -0.2) is 4.39 Å². The second kappa shape index (κ2) is 7.55. The minimum atomic E-state index is -0.464. The molecule has 2 atom stereocenters. The summed E-state index contributed by atoms with van der Waals surface area (Å²) in [7, 11) is 0. The van der Waals surface area contributed by atoms with Crippen LogP contribution in [0.25, 0.3) is 0 Å². The van der Waals surface area contributed by atoms with Gasteiger partial charge < -0.3 is 10.2 Å². The highest BCUT2D eigenvalue weighted by atomic mass is 19.1. The highest BCUT2D eigenvalue weighted by Gasteiger charge is 2.21. The Morgan fingerprint density at radius 3 is 2.62 bits per heavy atom. The van der Waals surface area contributed by atoms with Crippen LogP contribution < -0.4 is 5.32 Å². The molecule has 2 rings (SSSR count). The Morgan fingerprint density at radius 2 is 1.95 bits per heavy atom. The number of benzene rings is 1. The maximum absolute atomic E-state index is 13.5. The second-order valence-corrected chi connectivity index (χ2v) is 6.29. The van der Waals surface area contributed by atoms with Gasteiger partial charge in [-0.2, -0.15) is 0 Å². The monoisotopic (exact) mass is 292 g/mol. The SMILES string of the molecule is C[C@@H]1C[C@H](C)CN(CCCNC(=O)c2ccccc2F)C1. The summed E-state index contributed by atoms with van der Waals surface area (Å²) in [5, 5.41) is 2.80. The van der Waals surface area contributed by atoms with Crippen LogP contribution >= 0.6 is 0 Å². The Balaban J connectivity index is 1.70. The van der Waals surface area contributed by atoms with Gasteiger partial charge in [0.05, 0.1) is 5.56 Å². The standard InChI is InChI=1S/C17H25FN2O/c1-13-10-14(2)12-20(11-13)9-5-8-19-17(21)15-6-3-4-7-16(15)18/h3-4,6-7,13-14H,5,8-12H2,1-2H3,(H,19,21)/t13-,14+. The number of hydrogen-bond donors (Lipinski definition) is 1. The van der Waals surface area contributed by atoms with Gasteiger partial charge in [0.2, 0.25) is 0 Å². The van der Waals surface area contributed by atoms with Crippen LogP contribution in [0, 0.1) is 17.7 Å². The zero-order chi connectivity index (χ0) is 15.2. The van der Waals surface area contributed by atoms with E-state index in [-0.39, 0.29) is 11.5 Å². The molecule has 1 N–H and O–H groups in total. The normalized spacial score (nSPS) is 23.0. The quantitative estimate of drug-likeness (QED) is 0.846. The van der Waals surface area contributed by atoms with Crippen molar-refractivity contribution in [1.82, 2.24) is 10.2 Å². The average Bonchev–Trinajstić information content (AvgIpc) is 2.43. The molecule has 4 heteroatoms. The van der Waals surface area contributed by atoms with Crippen molar-refractivity contribution in [3.63, 3.8) is 0 Å². The lowest BCUT2D eigenvalue weighted by atomic mass is 9.92. The molecule has 1 aliphatic rings. The number of piperidine rings is 1. The summed E-state index contributed by atoms with van der Waals surface area (Å²) in [5.41, 5.74) is 0.123. The van der Waals surface area contributed by atoms with Crippen LogP contribution in [-0.2, 0) is 0 Å². The van der Waals surface area contributed by atoms with Crippen molar-refractivity contribution in [3.8, 4) is 0 Å². The lowest BCUT2D eigenvalue weighted by Crippen LogP contribution is -2.40. The van der Waals surface area contributed by atoms with E-state index < -0.39 is 5.82 Å². The average molecular weight is 292 g/mol. The summed E-state index contributed by atoms with van der Waals surface area (Å²) < 4.78 is 13.5. The molecule has 1 heterocycles. The smallest absolute Gasteiger partial charge is 0.254 e. The molecule has 0 saturated carbocycles. The Hall–Kier alpha value is -1.42. The molecule has 1 aromatic rings. The summed E-state index contributed by atoms with van der Waals surface area (Å²) in [6.07, 6.45) is 2.21. The van der Waals surface area contributed by atoms with Crippen LogP contribution in [0.15, 0.2) is 24.3 Å². The molecule has 0 bridgehead atoms. The molecule has 1 aromatic carbocycles. The van der Waals surface area contributed by atoms with Gasteiger partial charge in [-0.1, -0.05) is 26.0 Å². The molecule has 0 unspecified atom stereocenters. The fourth-order valence-corrected chi connectivity index (χ4v) is 3.22. The van der Waals surface area contributed by atoms with Gasteiger partial charge in [0.25, 0.3) is 5.91 Å². The Labute approximate surface area is 126 Å². The first-order valence-electron chi connectivity index (χ1n) is 7.81. The zero-order valence-corrected chi connectivity index (χ0v) is 12.9. The van der Waals surface area contributed by atoms with Crippen LogP contribution in [0.1, 0.15) is 37.0 Å². The molecule has 116 valence electrons. The minimum Gasteiger partial charge on any atom is -0.352 e. The molecule has 0 spiro atoms. The van der Waals surface area contributed by atoms with Crippen molar-refractivity contribution < 1.29 is 9.18 Å². The number of nitrogens with one attached hydrogen (secondary N) is 1. The first-order valence-corrected chi connectivity index (χ1v) is 7.81. The lowest BCUT2D eigenvalue weighted by Gasteiger charge is -2.34. The van der Waals surface area contributed by atoms with E-state index in [0.29, 0.717) is 6.54 Å². The van der Waals surface area contributed by atoms with Crippen LogP contribution in [0.4, 0.5) is 4.39 Å². The van der Waals surface area contributed by atoms with E-state index in [1.807, 2.05) is 0 Å². The number of carbonyl (C=O) groups is 1. The Kier molecular flexibility index (Phi) is 5.74. The van der Waals surface area contributed by atoms with E-state index in [2.05, 4.69) is 24.1 Å². The Bertz CT molecular complexity index is 468. The van der Waals surface area contributed by atoms with Crippen molar-refractivity contribution in [3.05, 3.63) is 35.6 Å². The summed E-state index contributed by atoms with van der Waals surface area (Å²) in [4.78, 5) is 14.3. The maximum atomic E-state index is 13.5. The molecule has 1 amide bonds. The predicted molar refractivity (Wildman–Crippen MR) is 82.7 cm³/mol. The summed E-state index contributed by atoms with van der Waals surface area (Å²) in [6.45, 7) is 8.46. The molecule has 1 aliphatic heterocycles. The zero-order valence-electron chi connectivity index (χ0n) is 12.9. The molecule has 0 aliphatic carbocycles. The first-order chi connectivity index (χ1) is 10.1. The van der Waals surface area contributed by atoms with Crippen LogP contribution in [0.5, 0.6) is 0 Å². The first kappa shape index (κ1) is 16.0. The van der Waals surface area contributed by atoms with E-state index in [9.17, 15) is 9.18 Å². The van der Waals surface area contributed by atoms with Crippen molar-refractivity contribution in [2.24, 2.45) is 11.8 Å². The molecular weight excluding hydrogens is 267 g/mol. The van der Waals surface area contributed by atoms with Gasteiger partial charge in [-0.15, -0.1) is 0 Å². The van der Waals surface area contributed by atoms with E-state index in [1.165, 1.54) is 18.6 Å². The van der Waals surface area contributed by atoms with Gasteiger partial charge in [0.1, 0.15) is 5.82 Å². The predicted octanol–water partition coefficient (Wildman–Crippen LogP) is 2.92. The molecule has 1 saturated heterocycles. The van der Waals surface area contributed by atoms with Crippen LogP contribution in [0.3, 0.4) is 0 Å². The molecule has 0 radical (unpaired) electrons. The molecule has 3 nitrogen and oxygen atoms in total. The van der Waals surface area contributed by atoms with Crippen LogP contribution in [-0.4, -0.2) is 37.0 Å². The van der Waals surface area contributed by atoms with Crippen molar-refractivity contribution in [2.45, 2.75) is 26.7 Å². The minimum absolute atomic E-state index is 0.123. The number of hydrogen-bond acceptors (Lipinski definition) is 2. The van der Waals surface area contributed by atoms with Crippen molar-refractivity contribution in [2.75, 3.05) is 26.2 Å². The molecule has 0 aromatic heterocycles. The van der Waals surface area contributed by atoms with Crippen LogP contribution in [0.2, 0.25) is 0 Å². The molecular formula is C17H25FN2O. The fourth-order valence-electron chi connectivity index (χ4n) is 3.22. The number of amides is 1. The van der Waals surface area contributed by atoms with Gasteiger partial charge >= 0.3 is 0 Å². The lowest BCUT2D eigenvalue weighted by molar-refractivity contribution is 0.0943. The number of nitrogens with zero attached hydrogens (tertiary/aromatic N) is 1. The topological polar surface area (TPSA) is 32.3 Å².